The number of esters is 2. The molecule has 1 rings (SSSR count). The van der Waals surface area contributed by atoms with Crippen molar-refractivity contribution in [2.45, 2.75) is 96.8 Å². The molecule has 0 N–H and O–H groups in total. The number of benzene rings is 1. The lowest BCUT2D eigenvalue weighted by Crippen LogP contribution is -2.12. The molecule has 0 unspecified atom stereocenters. The van der Waals surface area contributed by atoms with Crippen LogP contribution in [0.2, 0.25) is 5.02 Å². The van der Waals surface area contributed by atoms with Gasteiger partial charge in [0.15, 0.2) is 0 Å². The van der Waals surface area contributed by atoms with E-state index in [0.29, 0.717) is 18.1 Å². The molecule has 0 amide bonds. The fraction of sp³-hybridized carbons (Fsp3) is 0.680. The minimum atomic E-state index is -0.372. The average Bonchev–Trinajstić information content (AvgIpc) is 2.73. The zero-order valence-corrected chi connectivity index (χ0v) is 19.4. The van der Waals surface area contributed by atoms with E-state index < -0.39 is 0 Å². The van der Waals surface area contributed by atoms with Gasteiger partial charge in [-0.05, 0) is 24.1 Å². The van der Waals surface area contributed by atoms with Crippen molar-refractivity contribution in [2.24, 2.45) is 0 Å². The molecule has 0 aliphatic rings. The van der Waals surface area contributed by atoms with Gasteiger partial charge in [0.1, 0.15) is 0 Å². The predicted octanol–water partition coefficient (Wildman–Crippen LogP) is 7.06. The van der Waals surface area contributed by atoms with Crippen LogP contribution in [0.4, 0.5) is 0 Å². The van der Waals surface area contributed by atoms with Crippen molar-refractivity contribution in [3.63, 3.8) is 0 Å². The van der Waals surface area contributed by atoms with E-state index in [9.17, 15) is 9.59 Å². The average molecular weight is 439 g/mol. The van der Waals surface area contributed by atoms with Crippen molar-refractivity contribution < 1.29 is 19.1 Å². The Kier molecular flexibility index (Phi) is 16.1. The summed E-state index contributed by atoms with van der Waals surface area (Å²) in [5.74, 6) is -0.697. The smallest absolute Gasteiger partial charge is 0.306 e. The Morgan fingerprint density at radius 3 is 1.87 bits per heavy atom. The van der Waals surface area contributed by atoms with Gasteiger partial charge in [-0.1, -0.05) is 94.9 Å². The Hall–Kier alpha value is -1.55. The summed E-state index contributed by atoms with van der Waals surface area (Å²) in [6.07, 6.45) is 14.6. The van der Waals surface area contributed by atoms with E-state index in [4.69, 9.17) is 21.1 Å². The van der Waals surface area contributed by atoms with E-state index in [-0.39, 0.29) is 31.4 Å². The van der Waals surface area contributed by atoms with Crippen LogP contribution in [0.1, 0.15) is 96.0 Å². The molecule has 0 radical (unpaired) electrons. The van der Waals surface area contributed by atoms with Gasteiger partial charge in [-0.25, -0.2) is 0 Å². The summed E-state index contributed by atoms with van der Waals surface area (Å²) in [5.41, 5.74) is 1.02. The highest BCUT2D eigenvalue weighted by Crippen LogP contribution is 2.12. The van der Waals surface area contributed by atoms with E-state index >= 15 is 0 Å². The van der Waals surface area contributed by atoms with Crippen LogP contribution < -0.4 is 0 Å². The number of carbonyl (C=O) groups is 2. The molecule has 0 saturated carbocycles. The Morgan fingerprint density at radius 2 is 1.30 bits per heavy atom. The second-order valence-electron chi connectivity index (χ2n) is 7.86. The first-order valence-electron chi connectivity index (χ1n) is 11.7. The van der Waals surface area contributed by atoms with Crippen molar-refractivity contribution in [3.8, 4) is 0 Å². The Balaban J connectivity index is 1.89. The maximum absolute atomic E-state index is 11.7. The highest BCUT2D eigenvalue weighted by Gasteiger charge is 2.09. The standard InChI is InChI=1S/C25H39ClO4/c1-2-3-4-5-6-7-8-9-10-11-12-19-29-24(27)16-17-25(28)30-20-18-22-14-13-15-23(26)21-22/h13-15,21H,2-12,16-20H2,1H3. The number of ether oxygens (including phenoxy) is 2. The lowest BCUT2D eigenvalue weighted by Gasteiger charge is -2.06. The van der Waals surface area contributed by atoms with Crippen LogP contribution in [0.15, 0.2) is 24.3 Å². The van der Waals surface area contributed by atoms with Crippen molar-refractivity contribution in [1.82, 2.24) is 0 Å². The monoisotopic (exact) mass is 438 g/mol. The second-order valence-corrected chi connectivity index (χ2v) is 8.29. The van der Waals surface area contributed by atoms with Crippen molar-refractivity contribution in [2.75, 3.05) is 13.2 Å². The molecule has 0 bridgehead atoms. The molecule has 5 heteroatoms. The molecular weight excluding hydrogens is 400 g/mol. The summed E-state index contributed by atoms with van der Waals surface area (Å²) < 4.78 is 10.4. The van der Waals surface area contributed by atoms with Crippen LogP contribution in [0.3, 0.4) is 0 Å². The topological polar surface area (TPSA) is 52.6 Å². The summed E-state index contributed by atoms with van der Waals surface area (Å²) in [6.45, 7) is 2.98. The van der Waals surface area contributed by atoms with Crippen LogP contribution in [0, 0.1) is 0 Å². The summed E-state index contributed by atoms with van der Waals surface area (Å²) in [5, 5.41) is 0.666. The van der Waals surface area contributed by atoms with Crippen LogP contribution in [0.25, 0.3) is 0 Å². The van der Waals surface area contributed by atoms with E-state index in [1.807, 2.05) is 18.2 Å². The van der Waals surface area contributed by atoms with E-state index in [2.05, 4.69) is 6.92 Å². The molecule has 170 valence electrons. The number of rotatable bonds is 18. The number of unbranched alkanes of at least 4 members (excludes halogenated alkanes) is 10. The van der Waals surface area contributed by atoms with Crippen molar-refractivity contribution in [1.29, 1.82) is 0 Å². The third-order valence-electron chi connectivity index (χ3n) is 5.09. The van der Waals surface area contributed by atoms with E-state index in [0.717, 1.165) is 18.4 Å². The van der Waals surface area contributed by atoms with Gasteiger partial charge < -0.3 is 9.47 Å². The zero-order valence-electron chi connectivity index (χ0n) is 18.6. The molecule has 0 aliphatic carbocycles. The quantitative estimate of drug-likeness (QED) is 0.182. The normalized spacial score (nSPS) is 10.7. The molecule has 0 aromatic heterocycles. The van der Waals surface area contributed by atoms with Gasteiger partial charge in [0.25, 0.3) is 0 Å². The Morgan fingerprint density at radius 1 is 0.767 bits per heavy atom. The molecular formula is C25H39ClO4. The van der Waals surface area contributed by atoms with Crippen LogP contribution in [-0.2, 0) is 25.5 Å². The maximum atomic E-state index is 11.7. The van der Waals surface area contributed by atoms with Crippen molar-refractivity contribution in [3.05, 3.63) is 34.9 Å². The van der Waals surface area contributed by atoms with Gasteiger partial charge in [-0.15, -0.1) is 0 Å². The first-order chi connectivity index (χ1) is 14.6. The molecule has 0 heterocycles. The lowest BCUT2D eigenvalue weighted by atomic mass is 10.1. The molecule has 0 aliphatic heterocycles. The Bertz CT molecular complexity index is 588. The van der Waals surface area contributed by atoms with Crippen molar-refractivity contribution >= 4 is 23.5 Å². The molecule has 1 aromatic rings. The summed E-state index contributed by atoms with van der Waals surface area (Å²) in [6, 6.07) is 7.46. The minimum Gasteiger partial charge on any atom is -0.466 e. The summed E-state index contributed by atoms with van der Waals surface area (Å²) >= 11 is 5.92. The molecule has 1 aromatic carbocycles. The Labute approximate surface area is 187 Å². The highest BCUT2D eigenvalue weighted by atomic mass is 35.5. The number of hydrogen-bond donors (Lipinski definition) is 0. The van der Waals surface area contributed by atoms with E-state index in [1.54, 1.807) is 6.07 Å². The fourth-order valence-electron chi connectivity index (χ4n) is 3.28. The molecule has 30 heavy (non-hydrogen) atoms. The summed E-state index contributed by atoms with van der Waals surface area (Å²) in [4.78, 5) is 23.4. The zero-order chi connectivity index (χ0) is 21.9. The van der Waals surface area contributed by atoms with Crippen LogP contribution >= 0.6 is 11.6 Å². The lowest BCUT2D eigenvalue weighted by molar-refractivity contribution is -0.150. The predicted molar refractivity (Wildman–Crippen MR) is 123 cm³/mol. The third kappa shape index (κ3) is 15.3. The molecule has 0 fully saturated rings. The van der Waals surface area contributed by atoms with Gasteiger partial charge in [0.2, 0.25) is 0 Å². The fourth-order valence-corrected chi connectivity index (χ4v) is 3.49. The largest absolute Gasteiger partial charge is 0.466 e. The summed E-state index contributed by atoms with van der Waals surface area (Å²) in [7, 11) is 0. The number of carbonyl (C=O) groups excluding carboxylic acids is 2. The highest BCUT2D eigenvalue weighted by molar-refractivity contribution is 6.30. The van der Waals surface area contributed by atoms with E-state index in [1.165, 1.54) is 57.8 Å². The first kappa shape index (κ1) is 26.5. The van der Waals surface area contributed by atoms with Gasteiger partial charge in [-0.3, -0.25) is 9.59 Å². The number of hydrogen-bond acceptors (Lipinski definition) is 4. The second kappa shape index (κ2) is 18.2. The molecule has 0 spiro atoms. The minimum absolute atomic E-state index is 0.0621. The SMILES string of the molecule is CCCCCCCCCCCCCOC(=O)CCC(=O)OCCc1cccc(Cl)c1. The van der Waals surface area contributed by atoms with Gasteiger partial charge in [0.05, 0.1) is 26.1 Å². The molecule has 4 nitrogen and oxygen atoms in total. The van der Waals surface area contributed by atoms with Gasteiger partial charge >= 0.3 is 11.9 Å². The van der Waals surface area contributed by atoms with Crippen LogP contribution in [0.5, 0.6) is 0 Å². The molecule has 0 atom stereocenters. The number of halogens is 1. The third-order valence-corrected chi connectivity index (χ3v) is 5.32. The molecule has 0 saturated heterocycles. The van der Waals surface area contributed by atoms with Crippen LogP contribution in [-0.4, -0.2) is 25.2 Å². The first-order valence-corrected chi connectivity index (χ1v) is 12.0. The van der Waals surface area contributed by atoms with Gasteiger partial charge in [0, 0.05) is 11.4 Å². The van der Waals surface area contributed by atoms with Gasteiger partial charge in [-0.2, -0.15) is 0 Å². The maximum Gasteiger partial charge on any atom is 0.306 e.